The van der Waals surface area contributed by atoms with E-state index in [1.807, 2.05) is 0 Å². The average molecular weight is 396 g/mol. The normalized spacial score (nSPS) is 11.0. The molecule has 0 aliphatic rings. The summed E-state index contributed by atoms with van der Waals surface area (Å²) in [4.78, 5) is 24.0. The number of esters is 1. The zero-order valence-electron chi connectivity index (χ0n) is 14.3. The summed E-state index contributed by atoms with van der Waals surface area (Å²) < 4.78 is 28.2. The first-order valence-corrected chi connectivity index (χ1v) is 9.93. The first-order valence-electron chi connectivity index (χ1n) is 7.66. The second kappa shape index (κ2) is 8.33. The zero-order valence-corrected chi connectivity index (χ0v) is 15.9. The van der Waals surface area contributed by atoms with Gasteiger partial charge in [-0.1, -0.05) is 29.8 Å². The second-order valence-corrected chi connectivity index (χ2v) is 8.18. The fraction of sp³-hybridized carbons (Fsp3) is 0.222. The fourth-order valence-electron chi connectivity index (χ4n) is 2.11. The van der Waals surface area contributed by atoms with Gasteiger partial charge in [-0.15, -0.1) is 0 Å². The number of nitrogens with one attached hydrogen (secondary N) is 1. The molecule has 0 aromatic heterocycles. The number of sulfone groups is 1. The van der Waals surface area contributed by atoms with Gasteiger partial charge in [0, 0.05) is 17.8 Å². The van der Waals surface area contributed by atoms with Crippen molar-refractivity contribution in [2.45, 2.75) is 18.4 Å². The lowest BCUT2D eigenvalue weighted by Gasteiger charge is -2.09. The van der Waals surface area contributed by atoms with Crippen LogP contribution in [0.4, 0.5) is 0 Å². The molecule has 26 heavy (non-hydrogen) atoms. The smallest absolute Gasteiger partial charge is 0.338 e. The Morgan fingerprint density at radius 1 is 1.12 bits per heavy atom. The molecule has 0 heterocycles. The molecule has 0 saturated heterocycles. The molecule has 0 spiro atoms. The standard InChI is InChI=1S/C18H18ClNO5S/c1-12-3-8-15(26(2,23)24)9-16(12)18(22)25-11-17(21)20-10-13-4-6-14(19)7-5-13/h3-9H,10-11H2,1-2H3,(H,20,21). The fourth-order valence-corrected chi connectivity index (χ4v) is 2.89. The maximum Gasteiger partial charge on any atom is 0.338 e. The highest BCUT2D eigenvalue weighted by atomic mass is 35.5. The first kappa shape index (κ1) is 19.9. The van der Waals surface area contributed by atoms with E-state index in [1.165, 1.54) is 18.2 Å². The van der Waals surface area contributed by atoms with Gasteiger partial charge in [-0.3, -0.25) is 4.79 Å². The van der Waals surface area contributed by atoms with Crippen LogP contribution in [0.3, 0.4) is 0 Å². The van der Waals surface area contributed by atoms with Crippen molar-refractivity contribution in [3.8, 4) is 0 Å². The largest absolute Gasteiger partial charge is 0.452 e. The molecule has 8 heteroatoms. The molecule has 2 aromatic carbocycles. The van der Waals surface area contributed by atoms with Crippen LogP contribution < -0.4 is 5.32 Å². The van der Waals surface area contributed by atoms with Crippen LogP contribution in [0.25, 0.3) is 0 Å². The van der Waals surface area contributed by atoms with Gasteiger partial charge in [0.2, 0.25) is 0 Å². The van der Waals surface area contributed by atoms with Gasteiger partial charge in [0.05, 0.1) is 10.5 Å². The molecule has 138 valence electrons. The molecule has 0 saturated carbocycles. The number of rotatable bonds is 6. The van der Waals surface area contributed by atoms with Gasteiger partial charge >= 0.3 is 5.97 Å². The third-order valence-electron chi connectivity index (χ3n) is 3.59. The van der Waals surface area contributed by atoms with Gasteiger partial charge in [-0.25, -0.2) is 13.2 Å². The molecular weight excluding hydrogens is 378 g/mol. The Balaban J connectivity index is 1.93. The maximum absolute atomic E-state index is 12.1. The van der Waals surface area contributed by atoms with Crippen LogP contribution in [0.1, 0.15) is 21.5 Å². The zero-order chi connectivity index (χ0) is 19.3. The van der Waals surface area contributed by atoms with E-state index in [0.717, 1.165) is 11.8 Å². The van der Waals surface area contributed by atoms with Crippen molar-refractivity contribution < 1.29 is 22.7 Å². The summed E-state index contributed by atoms with van der Waals surface area (Å²) in [6.07, 6.45) is 1.05. The van der Waals surface area contributed by atoms with Crippen LogP contribution in [0.5, 0.6) is 0 Å². The SMILES string of the molecule is Cc1ccc(S(C)(=O)=O)cc1C(=O)OCC(=O)NCc1ccc(Cl)cc1. The van der Waals surface area contributed by atoms with Crippen LogP contribution in [-0.2, 0) is 25.9 Å². The maximum atomic E-state index is 12.1. The lowest BCUT2D eigenvalue weighted by atomic mass is 10.1. The number of amides is 1. The molecule has 6 nitrogen and oxygen atoms in total. The van der Waals surface area contributed by atoms with Gasteiger partial charge in [-0.05, 0) is 42.3 Å². The third kappa shape index (κ3) is 5.57. The van der Waals surface area contributed by atoms with E-state index in [1.54, 1.807) is 31.2 Å². The van der Waals surface area contributed by atoms with E-state index in [2.05, 4.69) is 5.32 Å². The Kier molecular flexibility index (Phi) is 6.39. The van der Waals surface area contributed by atoms with Crippen LogP contribution in [-0.4, -0.2) is 33.2 Å². The Hall–Kier alpha value is -2.38. The van der Waals surface area contributed by atoms with E-state index < -0.39 is 28.3 Å². The number of benzene rings is 2. The summed E-state index contributed by atoms with van der Waals surface area (Å²) in [6.45, 7) is 1.47. The molecule has 0 radical (unpaired) electrons. The molecule has 0 aliphatic heterocycles. The van der Waals surface area contributed by atoms with Gasteiger partial charge in [0.1, 0.15) is 0 Å². The Labute approximate surface area is 157 Å². The van der Waals surface area contributed by atoms with Crippen molar-refractivity contribution in [3.05, 3.63) is 64.2 Å². The average Bonchev–Trinajstić information content (AvgIpc) is 2.58. The van der Waals surface area contributed by atoms with Crippen molar-refractivity contribution in [2.24, 2.45) is 0 Å². The van der Waals surface area contributed by atoms with Gasteiger partial charge in [-0.2, -0.15) is 0 Å². The summed E-state index contributed by atoms with van der Waals surface area (Å²) in [6, 6.07) is 11.1. The molecular formula is C18H18ClNO5S. The molecule has 1 amide bonds. The Bertz CT molecular complexity index is 923. The van der Waals surface area contributed by atoms with Crippen molar-refractivity contribution in [2.75, 3.05) is 12.9 Å². The summed E-state index contributed by atoms with van der Waals surface area (Å²) >= 11 is 5.79. The van der Waals surface area contributed by atoms with Gasteiger partial charge < -0.3 is 10.1 Å². The van der Waals surface area contributed by atoms with E-state index >= 15 is 0 Å². The molecule has 0 atom stereocenters. The van der Waals surface area contributed by atoms with E-state index in [-0.39, 0.29) is 17.0 Å². The van der Waals surface area contributed by atoms with E-state index in [9.17, 15) is 18.0 Å². The molecule has 2 rings (SSSR count). The lowest BCUT2D eigenvalue weighted by molar-refractivity contribution is -0.124. The molecule has 0 bridgehead atoms. The molecule has 0 unspecified atom stereocenters. The minimum Gasteiger partial charge on any atom is -0.452 e. The van der Waals surface area contributed by atoms with Crippen LogP contribution in [0.15, 0.2) is 47.4 Å². The number of halogens is 1. The summed E-state index contributed by atoms with van der Waals surface area (Å²) in [5, 5.41) is 3.22. The predicted octanol–water partition coefficient (Wildman–Crippen LogP) is 2.53. The van der Waals surface area contributed by atoms with E-state index in [0.29, 0.717) is 10.6 Å². The third-order valence-corrected chi connectivity index (χ3v) is 4.96. The quantitative estimate of drug-likeness (QED) is 0.759. The topological polar surface area (TPSA) is 89.5 Å². The Morgan fingerprint density at radius 2 is 1.77 bits per heavy atom. The summed E-state index contributed by atoms with van der Waals surface area (Å²) in [7, 11) is -3.45. The molecule has 0 aliphatic carbocycles. The predicted molar refractivity (Wildman–Crippen MR) is 97.9 cm³/mol. The first-order chi connectivity index (χ1) is 12.2. The van der Waals surface area contributed by atoms with Crippen molar-refractivity contribution in [1.82, 2.24) is 5.32 Å². The molecule has 1 N–H and O–H groups in total. The second-order valence-electron chi connectivity index (χ2n) is 5.73. The number of ether oxygens (including phenoxy) is 1. The van der Waals surface area contributed by atoms with Crippen LogP contribution in [0.2, 0.25) is 5.02 Å². The minimum absolute atomic E-state index is 0.0160. The minimum atomic E-state index is -3.45. The highest BCUT2D eigenvalue weighted by Gasteiger charge is 2.16. The number of hydrogen-bond donors (Lipinski definition) is 1. The summed E-state index contributed by atoms with van der Waals surface area (Å²) in [5.74, 6) is -1.22. The monoisotopic (exact) mass is 395 g/mol. The number of carbonyl (C=O) groups is 2. The lowest BCUT2D eigenvalue weighted by Crippen LogP contribution is -2.28. The van der Waals surface area contributed by atoms with Gasteiger partial charge in [0.25, 0.3) is 5.91 Å². The number of aryl methyl sites for hydroxylation is 1. The molecule has 0 fully saturated rings. The van der Waals surface area contributed by atoms with Crippen LogP contribution >= 0.6 is 11.6 Å². The Morgan fingerprint density at radius 3 is 2.38 bits per heavy atom. The van der Waals surface area contributed by atoms with Crippen molar-refractivity contribution in [3.63, 3.8) is 0 Å². The molecule has 2 aromatic rings. The van der Waals surface area contributed by atoms with E-state index in [4.69, 9.17) is 16.3 Å². The number of hydrogen-bond acceptors (Lipinski definition) is 5. The van der Waals surface area contributed by atoms with Crippen LogP contribution in [0, 0.1) is 6.92 Å². The van der Waals surface area contributed by atoms with Crippen molar-refractivity contribution >= 4 is 33.3 Å². The van der Waals surface area contributed by atoms with Gasteiger partial charge in [0.15, 0.2) is 16.4 Å². The highest BCUT2D eigenvalue weighted by Crippen LogP contribution is 2.16. The number of carbonyl (C=O) groups excluding carboxylic acids is 2. The summed E-state index contributed by atoms with van der Waals surface area (Å²) in [5.41, 5.74) is 1.52. The highest BCUT2D eigenvalue weighted by molar-refractivity contribution is 7.90. The van der Waals surface area contributed by atoms with Crippen molar-refractivity contribution in [1.29, 1.82) is 0 Å².